The quantitative estimate of drug-likeness (QED) is 0.575. The van der Waals surface area contributed by atoms with E-state index in [9.17, 15) is 4.39 Å². The van der Waals surface area contributed by atoms with Crippen LogP contribution in [0.1, 0.15) is 17.8 Å². The molecule has 0 aliphatic carbocycles. The Bertz CT molecular complexity index is 487. The number of anilines is 2. The van der Waals surface area contributed by atoms with E-state index in [0.717, 1.165) is 11.1 Å². The number of hydrogen-bond donors (Lipinski definition) is 3. The zero-order valence-corrected chi connectivity index (χ0v) is 9.96. The minimum absolute atomic E-state index is 0.0231. The highest BCUT2D eigenvalue weighted by atomic mass is 32.1. The number of hydrazine groups is 1. The predicted molar refractivity (Wildman–Crippen MR) is 66.2 cm³/mol. The van der Waals surface area contributed by atoms with Crippen molar-refractivity contribution >= 4 is 23.1 Å². The molecule has 4 N–H and O–H groups in total. The van der Waals surface area contributed by atoms with Crippen LogP contribution in [-0.4, -0.2) is 9.97 Å². The fourth-order valence-electron chi connectivity index (χ4n) is 1.35. The maximum Gasteiger partial charge on any atom is 0.239 e. The van der Waals surface area contributed by atoms with Gasteiger partial charge in [0, 0.05) is 4.88 Å². The first-order chi connectivity index (χ1) is 8.20. The summed E-state index contributed by atoms with van der Waals surface area (Å²) in [6.45, 7) is 1.93. The van der Waals surface area contributed by atoms with Crippen LogP contribution in [0, 0.1) is 5.82 Å². The summed E-state index contributed by atoms with van der Waals surface area (Å²) in [6, 6.07) is 3.90. The van der Waals surface area contributed by atoms with Gasteiger partial charge in [-0.25, -0.2) is 15.2 Å². The van der Waals surface area contributed by atoms with Gasteiger partial charge >= 0.3 is 0 Å². The third kappa shape index (κ3) is 2.69. The number of halogens is 1. The first kappa shape index (κ1) is 11.7. The van der Waals surface area contributed by atoms with E-state index >= 15 is 0 Å². The van der Waals surface area contributed by atoms with E-state index < -0.39 is 5.82 Å². The summed E-state index contributed by atoms with van der Waals surface area (Å²) in [6.07, 6.45) is 1.08. The third-order valence-corrected chi connectivity index (χ3v) is 3.25. The zero-order chi connectivity index (χ0) is 12.3. The number of nitrogens with zero attached hydrogens (tertiary/aromatic N) is 2. The van der Waals surface area contributed by atoms with Crippen LogP contribution < -0.4 is 16.6 Å². The van der Waals surface area contributed by atoms with Gasteiger partial charge in [-0.2, -0.15) is 4.98 Å². The molecule has 0 aromatic carbocycles. The first-order valence-corrected chi connectivity index (χ1v) is 5.87. The molecule has 2 aromatic heterocycles. The Hall–Kier alpha value is -1.73. The van der Waals surface area contributed by atoms with Crippen molar-refractivity contribution in [3.05, 3.63) is 34.4 Å². The summed E-state index contributed by atoms with van der Waals surface area (Å²) in [5.74, 6) is 4.97. The summed E-state index contributed by atoms with van der Waals surface area (Å²) in [4.78, 5) is 8.68. The number of nitrogens with one attached hydrogen (secondary N) is 2. The van der Waals surface area contributed by atoms with Crippen LogP contribution in [0.2, 0.25) is 0 Å². The van der Waals surface area contributed by atoms with E-state index in [2.05, 4.69) is 20.7 Å². The highest BCUT2D eigenvalue weighted by molar-refractivity contribution is 7.10. The van der Waals surface area contributed by atoms with Gasteiger partial charge in [0.2, 0.25) is 5.95 Å². The second-order valence-corrected chi connectivity index (χ2v) is 4.40. The molecule has 2 aromatic rings. The van der Waals surface area contributed by atoms with Crippen LogP contribution in [0.3, 0.4) is 0 Å². The van der Waals surface area contributed by atoms with Crippen LogP contribution in [0.15, 0.2) is 23.7 Å². The molecule has 0 aliphatic rings. The minimum Gasteiger partial charge on any atom is -0.360 e. The second-order valence-electron chi connectivity index (χ2n) is 3.42. The van der Waals surface area contributed by atoms with Crippen LogP contribution in [-0.2, 0) is 0 Å². The molecule has 5 nitrogen and oxygen atoms in total. The second kappa shape index (κ2) is 5.07. The molecule has 2 heterocycles. The van der Waals surface area contributed by atoms with Gasteiger partial charge in [0.15, 0.2) is 11.6 Å². The highest BCUT2D eigenvalue weighted by Crippen LogP contribution is 2.23. The molecule has 90 valence electrons. The largest absolute Gasteiger partial charge is 0.360 e. The van der Waals surface area contributed by atoms with E-state index in [1.165, 1.54) is 0 Å². The highest BCUT2D eigenvalue weighted by Gasteiger charge is 2.11. The Labute approximate surface area is 102 Å². The minimum atomic E-state index is -0.507. The van der Waals surface area contributed by atoms with Crippen molar-refractivity contribution in [1.29, 1.82) is 0 Å². The average molecular weight is 253 g/mol. The first-order valence-electron chi connectivity index (χ1n) is 5.00. The number of rotatable bonds is 4. The molecule has 0 bridgehead atoms. The fourth-order valence-corrected chi connectivity index (χ4v) is 2.09. The molecule has 0 radical (unpaired) electrons. The molecule has 0 saturated carbocycles. The summed E-state index contributed by atoms with van der Waals surface area (Å²) in [7, 11) is 0. The maximum absolute atomic E-state index is 13.5. The Morgan fingerprint density at radius 1 is 1.53 bits per heavy atom. The van der Waals surface area contributed by atoms with Crippen LogP contribution >= 0.6 is 11.3 Å². The number of nitrogen functional groups attached to an aromatic ring is 1. The van der Waals surface area contributed by atoms with Gasteiger partial charge in [0.1, 0.15) is 0 Å². The number of nitrogens with two attached hydrogens (primary N) is 1. The molecule has 17 heavy (non-hydrogen) atoms. The lowest BCUT2D eigenvalue weighted by Crippen LogP contribution is -2.14. The Balaban J connectivity index is 2.18. The zero-order valence-electron chi connectivity index (χ0n) is 9.14. The fraction of sp³-hybridized carbons (Fsp3) is 0.200. The van der Waals surface area contributed by atoms with E-state index in [1.807, 2.05) is 24.4 Å². The van der Waals surface area contributed by atoms with Crippen molar-refractivity contribution < 1.29 is 4.39 Å². The van der Waals surface area contributed by atoms with Crippen molar-refractivity contribution in [1.82, 2.24) is 9.97 Å². The lowest BCUT2D eigenvalue weighted by Gasteiger charge is -2.13. The monoisotopic (exact) mass is 253 g/mol. The molecule has 1 unspecified atom stereocenters. The van der Waals surface area contributed by atoms with Gasteiger partial charge in [0.25, 0.3) is 0 Å². The molecule has 0 saturated heterocycles. The van der Waals surface area contributed by atoms with Gasteiger partial charge in [-0.15, -0.1) is 11.3 Å². The number of hydrogen-bond acceptors (Lipinski definition) is 6. The van der Waals surface area contributed by atoms with Crippen molar-refractivity contribution in [2.75, 3.05) is 10.7 Å². The third-order valence-electron chi connectivity index (χ3n) is 2.20. The molecule has 2 rings (SSSR count). The smallest absolute Gasteiger partial charge is 0.239 e. The average Bonchev–Trinajstić information content (AvgIpc) is 2.85. The Morgan fingerprint density at radius 2 is 2.35 bits per heavy atom. The Morgan fingerprint density at radius 3 is 3.00 bits per heavy atom. The van der Waals surface area contributed by atoms with E-state index in [1.54, 1.807) is 11.3 Å². The standard InChI is InChI=1S/C10H12FN5S/c1-6(8-3-2-4-17-8)14-9-7(11)5-13-10(15-9)16-12/h2-6H,12H2,1H3,(H2,13,14,15,16). The molecule has 0 spiro atoms. The predicted octanol–water partition coefficient (Wildman–Crippen LogP) is 2.14. The van der Waals surface area contributed by atoms with Gasteiger partial charge < -0.3 is 5.32 Å². The molecular formula is C10H12FN5S. The summed E-state index contributed by atoms with van der Waals surface area (Å²) in [5.41, 5.74) is 2.28. The normalized spacial score (nSPS) is 12.2. The van der Waals surface area contributed by atoms with Crippen molar-refractivity contribution in [2.45, 2.75) is 13.0 Å². The van der Waals surface area contributed by atoms with Crippen LogP contribution in [0.4, 0.5) is 16.2 Å². The molecule has 0 amide bonds. The molecular weight excluding hydrogens is 241 g/mol. The summed E-state index contributed by atoms with van der Waals surface area (Å²) in [5, 5.41) is 4.94. The van der Waals surface area contributed by atoms with Crippen molar-refractivity contribution in [3.8, 4) is 0 Å². The van der Waals surface area contributed by atoms with E-state index in [-0.39, 0.29) is 17.8 Å². The lowest BCUT2D eigenvalue weighted by molar-refractivity contribution is 0.614. The number of aromatic nitrogens is 2. The molecule has 1 atom stereocenters. The van der Waals surface area contributed by atoms with E-state index in [4.69, 9.17) is 5.84 Å². The molecule has 7 heteroatoms. The summed E-state index contributed by atoms with van der Waals surface area (Å²) >= 11 is 1.60. The van der Waals surface area contributed by atoms with Crippen LogP contribution in [0.25, 0.3) is 0 Å². The van der Waals surface area contributed by atoms with Gasteiger partial charge in [-0.1, -0.05) is 6.07 Å². The molecule has 0 fully saturated rings. The Kier molecular flexibility index (Phi) is 3.50. The van der Waals surface area contributed by atoms with Crippen LogP contribution in [0.5, 0.6) is 0 Å². The summed E-state index contributed by atoms with van der Waals surface area (Å²) < 4.78 is 13.5. The van der Waals surface area contributed by atoms with E-state index in [0.29, 0.717) is 0 Å². The van der Waals surface area contributed by atoms with Gasteiger partial charge in [0.05, 0.1) is 12.2 Å². The molecule has 0 aliphatic heterocycles. The lowest BCUT2D eigenvalue weighted by atomic mass is 10.3. The van der Waals surface area contributed by atoms with Gasteiger partial charge in [-0.05, 0) is 18.4 Å². The SMILES string of the molecule is CC(Nc1nc(NN)ncc1F)c1cccs1. The van der Waals surface area contributed by atoms with Gasteiger partial charge in [-0.3, -0.25) is 5.43 Å². The maximum atomic E-state index is 13.5. The number of thiophene rings is 1. The topological polar surface area (TPSA) is 75.9 Å². The van der Waals surface area contributed by atoms with Crippen molar-refractivity contribution in [2.24, 2.45) is 5.84 Å². The van der Waals surface area contributed by atoms with Crippen molar-refractivity contribution in [3.63, 3.8) is 0 Å².